The van der Waals surface area contributed by atoms with Crippen molar-refractivity contribution < 1.29 is 4.39 Å². The summed E-state index contributed by atoms with van der Waals surface area (Å²) in [5, 5.41) is 12.3. The largest absolute Gasteiger partial charge is 0.221 e. The zero-order valence-corrected chi connectivity index (χ0v) is 12.2. The van der Waals surface area contributed by atoms with Gasteiger partial charge in [0.2, 0.25) is 0 Å². The molecular formula is C14H9Cl2FN4. The lowest BCUT2D eigenvalue weighted by Gasteiger charge is -2.08. The number of nitrogens with zero attached hydrogens (tertiary/aromatic N) is 4. The zero-order chi connectivity index (χ0) is 14.8. The number of aromatic nitrogens is 4. The van der Waals surface area contributed by atoms with Gasteiger partial charge in [-0.25, -0.2) is 9.07 Å². The molecule has 0 bridgehead atoms. The van der Waals surface area contributed by atoms with Crippen LogP contribution in [0.25, 0.3) is 11.4 Å². The molecule has 21 heavy (non-hydrogen) atoms. The Hall–Kier alpha value is -1.98. The summed E-state index contributed by atoms with van der Waals surface area (Å²) in [4.78, 5) is 0. The first-order chi connectivity index (χ1) is 10.2. The minimum atomic E-state index is -0.400. The van der Waals surface area contributed by atoms with Gasteiger partial charge in [0.15, 0.2) is 5.82 Å². The van der Waals surface area contributed by atoms with E-state index < -0.39 is 5.82 Å². The third-order valence-electron chi connectivity index (χ3n) is 3.02. The lowest BCUT2D eigenvalue weighted by atomic mass is 10.2. The van der Waals surface area contributed by atoms with Crippen molar-refractivity contribution >= 4 is 23.2 Å². The van der Waals surface area contributed by atoms with Crippen LogP contribution in [0.2, 0.25) is 10.0 Å². The van der Waals surface area contributed by atoms with Gasteiger partial charge < -0.3 is 0 Å². The summed E-state index contributed by atoms with van der Waals surface area (Å²) < 4.78 is 15.3. The molecule has 0 saturated carbocycles. The molecule has 3 aromatic rings. The Morgan fingerprint density at radius 2 is 1.76 bits per heavy atom. The van der Waals surface area contributed by atoms with Crippen molar-refractivity contribution in [2.45, 2.75) is 6.54 Å². The van der Waals surface area contributed by atoms with Gasteiger partial charge in [-0.15, -0.1) is 5.10 Å². The first-order valence-electron chi connectivity index (χ1n) is 6.11. The maximum absolute atomic E-state index is 13.9. The second-order valence-corrected chi connectivity index (χ2v) is 5.15. The van der Waals surface area contributed by atoms with Gasteiger partial charge in [0, 0.05) is 16.1 Å². The Morgan fingerprint density at radius 3 is 2.52 bits per heavy atom. The van der Waals surface area contributed by atoms with Crippen LogP contribution < -0.4 is 0 Å². The van der Waals surface area contributed by atoms with E-state index in [4.69, 9.17) is 23.2 Å². The quantitative estimate of drug-likeness (QED) is 0.736. The van der Waals surface area contributed by atoms with E-state index in [-0.39, 0.29) is 6.54 Å². The molecule has 0 atom stereocenters. The standard InChI is InChI=1S/C14H9Cl2FN4/c15-11-5-2-1-4-9(11)14-18-19-20-21(14)8-10-12(16)6-3-7-13(10)17/h1-7H,8H2. The van der Waals surface area contributed by atoms with E-state index in [0.717, 1.165) is 0 Å². The van der Waals surface area contributed by atoms with Crippen LogP contribution in [0.4, 0.5) is 4.39 Å². The van der Waals surface area contributed by atoms with E-state index in [2.05, 4.69) is 15.5 Å². The molecule has 0 aliphatic rings. The molecule has 0 spiro atoms. The Bertz CT molecular complexity index is 768. The van der Waals surface area contributed by atoms with Crippen molar-refractivity contribution in [3.63, 3.8) is 0 Å². The van der Waals surface area contributed by atoms with Gasteiger partial charge in [-0.1, -0.05) is 41.4 Å². The van der Waals surface area contributed by atoms with Gasteiger partial charge in [-0.2, -0.15) is 0 Å². The molecule has 106 valence electrons. The van der Waals surface area contributed by atoms with Gasteiger partial charge in [0.25, 0.3) is 0 Å². The Labute approximate surface area is 130 Å². The zero-order valence-electron chi connectivity index (χ0n) is 10.7. The summed E-state index contributed by atoms with van der Waals surface area (Å²) in [6.07, 6.45) is 0. The molecule has 3 rings (SSSR count). The van der Waals surface area contributed by atoms with Crippen molar-refractivity contribution in [1.29, 1.82) is 0 Å². The molecular weight excluding hydrogens is 314 g/mol. The van der Waals surface area contributed by atoms with Crippen molar-refractivity contribution in [2.75, 3.05) is 0 Å². The average Bonchev–Trinajstić information content (AvgIpc) is 2.92. The van der Waals surface area contributed by atoms with Crippen LogP contribution in [-0.4, -0.2) is 20.2 Å². The van der Waals surface area contributed by atoms with Crippen LogP contribution in [0.15, 0.2) is 42.5 Å². The monoisotopic (exact) mass is 322 g/mol. The van der Waals surface area contributed by atoms with E-state index >= 15 is 0 Å². The van der Waals surface area contributed by atoms with Gasteiger partial charge in [-0.05, 0) is 34.7 Å². The summed E-state index contributed by atoms with van der Waals surface area (Å²) in [6, 6.07) is 11.7. The first-order valence-corrected chi connectivity index (χ1v) is 6.86. The molecule has 0 saturated heterocycles. The van der Waals surface area contributed by atoms with Crippen LogP contribution in [0.1, 0.15) is 5.56 Å². The minimum absolute atomic E-state index is 0.124. The molecule has 0 aliphatic heterocycles. The third-order valence-corrected chi connectivity index (χ3v) is 3.70. The van der Waals surface area contributed by atoms with Crippen molar-refractivity contribution in [2.24, 2.45) is 0 Å². The summed E-state index contributed by atoms with van der Waals surface area (Å²) in [5.74, 6) is 0.0584. The SMILES string of the molecule is Fc1cccc(Cl)c1Cn1nnnc1-c1ccccc1Cl. The fourth-order valence-electron chi connectivity index (χ4n) is 1.98. The second-order valence-electron chi connectivity index (χ2n) is 4.34. The maximum Gasteiger partial charge on any atom is 0.183 e. The highest BCUT2D eigenvalue weighted by Gasteiger charge is 2.15. The van der Waals surface area contributed by atoms with Gasteiger partial charge in [-0.3, -0.25) is 0 Å². The summed E-state index contributed by atoms with van der Waals surface area (Å²) in [7, 11) is 0. The number of hydrogen-bond donors (Lipinski definition) is 0. The molecule has 1 heterocycles. The number of halogens is 3. The number of hydrogen-bond acceptors (Lipinski definition) is 3. The fourth-order valence-corrected chi connectivity index (χ4v) is 2.42. The first kappa shape index (κ1) is 14.0. The third kappa shape index (κ3) is 2.75. The smallest absolute Gasteiger partial charge is 0.183 e. The topological polar surface area (TPSA) is 43.6 Å². The van der Waals surface area contributed by atoms with Crippen LogP contribution >= 0.6 is 23.2 Å². The molecule has 0 amide bonds. The Morgan fingerprint density at radius 1 is 1.00 bits per heavy atom. The highest BCUT2D eigenvalue weighted by Crippen LogP contribution is 2.27. The minimum Gasteiger partial charge on any atom is -0.221 e. The normalized spacial score (nSPS) is 10.8. The second kappa shape index (κ2) is 5.79. The van der Waals surface area contributed by atoms with Crippen molar-refractivity contribution in [1.82, 2.24) is 20.2 Å². The van der Waals surface area contributed by atoms with Crippen LogP contribution in [0.5, 0.6) is 0 Å². The van der Waals surface area contributed by atoms with E-state index in [1.165, 1.54) is 10.7 Å². The number of benzene rings is 2. The van der Waals surface area contributed by atoms with Crippen LogP contribution in [0, 0.1) is 5.82 Å². The molecule has 1 aromatic heterocycles. The molecule has 2 aromatic carbocycles. The Balaban J connectivity index is 2.03. The summed E-state index contributed by atoms with van der Waals surface area (Å²) in [5.41, 5.74) is 1.01. The summed E-state index contributed by atoms with van der Waals surface area (Å²) in [6.45, 7) is 0.124. The highest BCUT2D eigenvalue weighted by molar-refractivity contribution is 6.33. The van der Waals surface area contributed by atoms with Crippen LogP contribution in [0.3, 0.4) is 0 Å². The van der Waals surface area contributed by atoms with Crippen molar-refractivity contribution in [3.8, 4) is 11.4 Å². The molecule has 0 aliphatic carbocycles. The molecule has 0 N–H and O–H groups in total. The van der Waals surface area contributed by atoms with E-state index in [1.54, 1.807) is 24.3 Å². The van der Waals surface area contributed by atoms with Gasteiger partial charge >= 0.3 is 0 Å². The Kier molecular flexibility index (Phi) is 3.86. The lowest BCUT2D eigenvalue weighted by Crippen LogP contribution is -2.07. The lowest BCUT2D eigenvalue weighted by molar-refractivity contribution is 0.579. The van der Waals surface area contributed by atoms with Gasteiger partial charge in [0.05, 0.1) is 11.6 Å². The van der Waals surface area contributed by atoms with E-state index in [1.807, 2.05) is 12.1 Å². The fraction of sp³-hybridized carbons (Fsp3) is 0.0714. The van der Waals surface area contributed by atoms with E-state index in [0.29, 0.717) is 27.0 Å². The van der Waals surface area contributed by atoms with Crippen LogP contribution in [-0.2, 0) is 6.54 Å². The predicted octanol–water partition coefficient (Wildman–Crippen LogP) is 3.83. The van der Waals surface area contributed by atoms with Crippen molar-refractivity contribution in [3.05, 3.63) is 63.9 Å². The number of tetrazole rings is 1. The highest BCUT2D eigenvalue weighted by atomic mass is 35.5. The predicted molar refractivity (Wildman–Crippen MR) is 78.8 cm³/mol. The molecule has 7 heteroatoms. The molecule has 0 unspecified atom stereocenters. The maximum atomic E-state index is 13.9. The average molecular weight is 323 g/mol. The van der Waals surface area contributed by atoms with Gasteiger partial charge in [0.1, 0.15) is 5.82 Å². The van der Waals surface area contributed by atoms with E-state index in [9.17, 15) is 4.39 Å². The molecule has 0 radical (unpaired) electrons. The molecule has 0 fully saturated rings. The summed E-state index contributed by atoms with van der Waals surface area (Å²) >= 11 is 12.2. The number of rotatable bonds is 3. The molecule has 4 nitrogen and oxygen atoms in total.